The van der Waals surface area contributed by atoms with Gasteiger partial charge in [-0.2, -0.15) is 0 Å². The molecule has 0 spiro atoms. The van der Waals surface area contributed by atoms with Crippen LogP contribution in [-0.4, -0.2) is 62.4 Å². The zero-order valence-electron chi connectivity index (χ0n) is 11.7. The maximum Gasteiger partial charge on any atom is 0.0897 e. The number of nitrogens with one attached hydrogen (secondary N) is 1. The van der Waals surface area contributed by atoms with Crippen molar-refractivity contribution < 1.29 is 19.3 Å². The van der Waals surface area contributed by atoms with Crippen LogP contribution < -0.4 is 5.32 Å². The minimum atomic E-state index is -0.475. The van der Waals surface area contributed by atoms with Crippen molar-refractivity contribution in [1.29, 1.82) is 0 Å². The van der Waals surface area contributed by atoms with Crippen molar-refractivity contribution in [2.75, 3.05) is 33.0 Å². The molecule has 1 rings (SSSR count). The molecule has 0 radical (unpaired) electrons. The lowest BCUT2D eigenvalue weighted by Gasteiger charge is -2.19. The lowest BCUT2D eigenvalue weighted by molar-refractivity contribution is -0.0109. The Kier molecular flexibility index (Phi) is 7.77. The fourth-order valence-electron chi connectivity index (χ4n) is 1.91. The van der Waals surface area contributed by atoms with Gasteiger partial charge in [0.25, 0.3) is 0 Å². The lowest BCUT2D eigenvalue weighted by Crippen LogP contribution is -2.40. The predicted molar refractivity (Wildman–Crippen MR) is 69.7 cm³/mol. The van der Waals surface area contributed by atoms with Crippen LogP contribution in [-0.2, 0) is 14.2 Å². The topological polar surface area (TPSA) is 60.0 Å². The van der Waals surface area contributed by atoms with E-state index in [0.29, 0.717) is 32.4 Å². The fourth-order valence-corrected chi connectivity index (χ4v) is 1.91. The third-order valence-corrected chi connectivity index (χ3v) is 2.98. The molecule has 3 atom stereocenters. The van der Waals surface area contributed by atoms with E-state index in [9.17, 15) is 5.11 Å². The van der Waals surface area contributed by atoms with Crippen LogP contribution in [0.2, 0.25) is 0 Å². The minimum absolute atomic E-state index is 0.226. The molecule has 0 aromatic heterocycles. The van der Waals surface area contributed by atoms with E-state index in [2.05, 4.69) is 12.2 Å². The van der Waals surface area contributed by atoms with Gasteiger partial charge in [-0.1, -0.05) is 0 Å². The minimum Gasteiger partial charge on any atom is -0.389 e. The fraction of sp³-hybridized carbons (Fsp3) is 1.00. The summed E-state index contributed by atoms with van der Waals surface area (Å²) < 4.78 is 16.1. The van der Waals surface area contributed by atoms with Crippen LogP contribution in [0, 0.1) is 0 Å². The number of ether oxygens (including phenoxy) is 3. The van der Waals surface area contributed by atoms with Gasteiger partial charge in [0.1, 0.15) is 0 Å². The molecule has 5 nitrogen and oxygen atoms in total. The Balaban J connectivity index is 1.95. The van der Waals surface area contributed by atoms with Crippen LogP contribution in [0.5, 0.6) is 0 Å². The largest absolute Gasteiger partial charge is 0.389 e. The second-order valence-electron chi connectivity index (χ2n) is 5.03. The predicted octanol–water partition coefficient (Wildman–Crippen LogP) is 0.556. The van der Waals surface area contributed by atoms with E-state index >= 15 is 0 Å². The highest BCUT2D eigenvalue weighted by Gasteiger charge is 2.23. The Labute approximate surface area is 110 Å². The summed E-state index contributed by atoms with van der Waals surface area (Å²) in [4.78, 5) is 0. The molecule has 0 saturated carbocycles. The second-order valence-corrected chi connectivity index (χ2v) is 5.03. The van der Waals surface area contributed by atoms with E-state index in [0.717, 1.165) is 13.0 Å². The number of hydrogen-bond acceptors (Lipinski definition) is 5. The van der Waals surface area contributed by atoms with Gasteiger partial charge in [0.2, 0.25) is 0 Å². The lowest BCUT2D eigenvalue weighted by atomic mass is 10.1. The number of aliphatic hydroxyl groups excluding tert-OH is 1. The molecule has 0 aromatic rings. The second kappa shape index (κ2) is 8.82. The molecule has 108 valence electrons. The van der Waals surface area contributed by atoms with Crippen LogP contribution in [0.3, 0.4) is 0 Å². The molecule has 1 heterocycles. The van der Waals surface area contributed by atoms with E-state index in [1.54, 1.807) is 0 Å². The molecule has 2 N–H and O–H groups in total. The summed E-state index contributed by atoms with van der Waals surface area (Å²) in [5.41, 5.74) is 0. The highest BCUT2D eigenvalue weighted by Crippen LogP contribution is 2.12. The third-order valence-electron chi connectivity index (χ3n) is 2.98. The molecule has 18 heavy (non-hydrogen) atoms. The highest BCUT2D eigenvalue weighted by molar-refractivity contribution is 4.79. The van der Waals surface area contributed by atoms with E-state index < -0.39 is 6.10 Å². The van der Waals surface area contributed by atoms with Gasteiger partial charge >= 0.3 is 0 Å². The molecule has 5 heteroatoms. The molecule has 3 unspecified atom stereocenters. The van der Waals surface area contributed by atoms with Gasteiger partial charge in [-0.15, -0.1) is 0 Å². The van der Waals surface area contributed by atoms with Gasteiger partial charge in [-0.3, -0.25) is 0 Å². The van der Waals surface area contributed by atoms with Crippen LogP contribution in [0.15, 0.2) is 0 Å². The molecule has 1 aliphatic heterocycles. The number of rotatable bonds is 9. The van der Waals surface area contributed by atoms with Crippen LogP contribution in [0.25, 0.3) is 0 Å². The molecule has 0 aliphatic carbocycles. The number of aliphatic hydroxyl groups is 1. The van der Waals surface area contributed by atoms with E-state index in [-0.39, 0.29) is 12.2 Å². The first-order chi connectivity index (χ1) is 8.59. The van der Waals surface area contributed by atoms with Crippen molar-refractivity contribution in [2.24, 2.45) is 0 Å². The van der Waals surface area contributed by atoms with Gasteiger partial charge in [-0.05, 0) is 27.2 Å². The molecular formula is C13H27NO4. The Morgan fingerprint density at radius 2 is 2.17 bits per heavy atom. The monoisotopic (exact) mass is 261 g/mol. The van der Waals surface area contributed by atoms with Crippen LogP contribution in [0.1, 0.15) is 27.2 Å². The van der Waals surface area contributed by atoms with Crippen molar-refractivity contribution >= 4 is 0 Å². The first-order valence-corrected chi connectivity index (χ1v) is 6.82. The zero-order valence-corrected chi connectivity index (χ0v) is 11.7. The van der Waals surface area contributed by atoms with Gasteiger partial charge in [0.15, 0.2) is 0 Å². The Morgan fingerprint density at radius 3 is 2.78 bits per heavy atom. The molecule has 1 fully saturated rings. The maximum atomic E-state index is 9.74. The van der Waals surface area contributed by atoms with Gasteiger partial charge in [0.05, 0.1) is 38.1 Å². The Morgan fingerprint density at radius 1 is 1.39 bits per heavy atom. The summed E-state index contributed by atoms with van der Waals surface area (Å²) in [5.74, 6) is 0. The summed E-state index contributed by atoms with van der Waals surface area (Å²) in [6.07, 6.45) is 0.996. The third kappa shape index (κ3) is 6.66. The normalized spacial score (nSPS) is 25.8. The molecule has 0 bridgehead atoms. The molecule has 1 saturated heterocycles. The number of hydrogen-bond donors (Lipinski definition) is 2. The Bertz CT molecular complexity index is 213. The van der Waals surface area contributed by atoms with Crippen molar-refractivity contribution in [3.8, 4) is 0 Å². The maximum absolute atomic E-state index is 9.74. The van der Waals surface area contributed by atoms with Crippen molar-refractivity contribution in [3.63, 3.8) is 0 Å². The molecule has 0 amide bonds. The molecule has 0 aromatic carbocycles. The summed E-state index contributed by atoms with van der Waals surface area (Å²) in [5, 5.41) is 13.0. The average molecular weight is 261 g/mol. The van der Waals surface area contributed by atoms with Gasteiger partial charge in [-0.25, -0.2) is 0 Å². The molecule has 1 aliphatic rings. The van der Waals surface area contributed by atoms with Crippen LogP contribution >= 0.6 is 0 Å². The van der Waals surface area contributed by atoms with Crippen molar-refractivity contribution in [2.45, 2.75) is 51.5 Å². The highest BCUT2D eigenvalue weighted by atomic mass is 16.5. The smallest absolute Gasteiger partial charge is 0.0897 e. The van der Waals surface area contributed by atoms with Crippen LogP contribution in [0.4, 0.5) is 0 Å². The van der Waals surface area contributed by atoms with Gasteiger partial charge in [0, 0.05) is 19.2 Å². The first kappa shape index (κ1) is 15.9. The van der Waals surface area contributed by atoms with Crippen molar-refractivity contribution in [3.05, 3.63) is 0 Å². The summed E-state index contributed by atoms with van der Waals surface area (Å²) in [6, 6.07) is 0.351. The zero-order chi connectivity index (χ0) is 13.4. The quantitative estimate of drug-likeness (QED) is 0.594. The summed E-state index contributed by atoms with van der Waals surface area (Å²) in [7, 11) is 0. The first-order valence-electron chi connectivity index (χ1n) is 6.82. The molecular weight excluding hydrogens is 234 g/mol. The average Bonchev–Trinajstić information content (AvgIpc) is 2.71. The summed E-state index contributed by atoms with van der Waals surface area (Å²) >= 11 is 0. The standard InChI is InChI=1S/C13H27NO4/c1-10(2)17-7-6-16-9-12(15)8-14-13-4-5-18-11(13)3/h10-15H,4-9H2,1-3H3. The van der Waals surface area contributed by atoms with E-state index in [4.69, 9.17) is 14.2 Å². The van der Waals surface area contributed by atoms with E-state index in [1.807, 2.05) is 13.8 Å². The SMILES string of the molecule is CC(C)OCCOCC(O)CNC1CCOC1C. The Hall–Kier alpha value is -0.200. The van der Waals surface area contributed by atoms with Crippen molar-refractivity contribution in [1.82, 2.24) is 5.32 Å². The summed E-state index contributed by atoms with van der Waals surface area (Å²) in [6.45, 7) is 8.82. The van der Waals surface area contributed by atoms with Gasteiger partial charge < -0.3 is 24.6 Å². The van der Waals surface area contributed by atoms with E-state index in [1.165, 1.54) is 0 Å².